The average Bonchev–Trinajstić information content (AvgIpc) is 2.26. The van der Waals surface area contributed by atoms with Crippen molar-refractivity contribution in [1.82, 2.24) is 0 Å². The largest absolute Gasteiger partial charge is 0.493 e. The molecule has 0 aromatic heterocycles. The van der Waals surface area contributed by atoms with Crippen LogP contribution in [0.25, 0.3) is 0 Å². The normalized spacial score (nSPS) is 12.3. The van der Waals surface area contributed by atoms with E-state index in [0.717, 1.165) is 12.2 Å². The van der Waals surface area contributed by atoms with Crippen molar-refractivity contribution >= 4 is 12.6 Å². The van der Waals surface area contributed by atoms with Crippen molar-refractivity contribution in [2.75, 3.05) is 6.61 Å². The molecule has 0 aliphatic rings. The first-order chi connectivity index (χ1) is 7.13. The predicted molar refractivity (Wildman–Crippen MR) is 61.2 cm³/mol. The third-order valence-electron chi connectivity index (χ3n) is 2.41. The van der Waals surface area contributed by atoms with Crippen LogP contribution in [-0.2, 0) is 0 Å². The predicted octanol–water partition coefficient (Wildman–Crippen LogP) is 0.791. The summed E-state index contributed by atoms with van der Waals surface area (Å²) in [6, 6.07) is 6.79. The fourth-order valence-corrected chi connectivity index (χ4v) is 1.09. The molecule has 1 aromatic rings. The number of hydrogen-bond donors (Lipinski definition) is 2. The van der Waals surface area contributed by atoms with E-state index in [1.54, 1.807) is 24.3 Å². The Bertz CT molecular complexity index is 284. The van der Waals surface area contributed by atoms with E-state index in [9.17, 15) is 0 Å². The third-order valence-corrected chi connectivity index (χ3v) is 2.41. The molecule has 0 amide bonds. The molecule has 1 unspecified atom stereocenters. The average molecular weight is 208 g/mol. The molecular formula is C11H17BO3. The van der Waals surface area contributed by atoms with Crippen LogP contribution in [0.3, 0.4) is 0 Å². The van der Waals surface area contributed by atoms with Crippen LogP contribution in [0.15, 0.2) is 24.3 Å². The van der Waals surface area contributed by atoms with Crippen LogP contribution in [0.1, 0.15) is 20.3 Å². The molecule has 15 heavy (non-hydrogen) atoms. The summed E-state index contributed by atoms with van der Waals surface area (Å²) in [4.78, 5) is 0. The number of ether oxygens (including phenoxy) is 1. The van der Waals surface area contributed by atoms with Crippen molar-refractivity contribution in [3.05, 3.63) is 24.3 Å². The Morgan fingerprint density at radius 2 is 1.87 bits per heavy atom. The summed E-state index contributed by atoms with van der Waals surface area (Å²) in [5, 5.41) is 17.8. The lowest BCUT2D eigenvalue weighted by Gasteiger charge is -2.11. The molecule has 1 rings (SSSR count). The van der Waals surface area contributed by atoms with Crippen LogP contribution < -0.4 is 10.2 Å². The molecule has 82 valence electrons. The second-order valence-corrected chi connectivity index (χ2v) is 3.77. The highest BCUT2D eigenvalue weighted by Crippen LogP contribution is 2.10. The Balaban J connectivity index is 2.50. The number of rotatable bonds is 5. The molecule has 0 fully saturated rings. The molecule has 0 aliphatic carbocycles. The summed E-state index contributed by atoms with van der Waals surface area (Å²) in [6.45, 7) is 4.95. The number of hydrogen-bond acceptors (Lipinski definition) is 3. The van der Waals surface area contributed by atoms with Gasteiger partial charge in [0.05, 0.1) is 6.61 Å². The topological polar surface area (TPSA) is 49.7 Å². The lowest BCUT2D eigenvalue weighted by atomic mass is 9.80. The molecule has 2 N–H and O–H groups in total. The molecule has 0 heterocycles. The van der Waals surface area contributed by atoms with Crippen LogP contribution in [0, 0.1) is 5.92 Å². The summed E-state index contributed by atoms with van der Waals surface area (Å²) in [6.07, 6.45) is 1.09. The minimum atomic E-state index is -1.41. The van der Waals surface area contributed by atoms with Gasteiger partial charge in [0.15, 0.2) is 0 Å². The molecule has 0 spiro atoms. The van der Waals surface area contributed by atoms with Gasteiger partial charge in [0.1, 0.15) is 5.75 Å². The highest BCUT2D eigenvalue weighted by Gasteiger charge is 2.09. The lowest BCUT2D eigenvalue weighted by Crippen LogP contribution is -2.29. The van der Waals surface area contributed by atoms with E-state index in [4.69, 9.17) is 14.8 Å². The molecule has 3 nitrogen and oxygen atoms in total. The van der Waals surface area contributed by atoms with Crippen molar-refractivity contribution in [2.24, 2.45) is 5.92 Å². The lowest BCUT2D eigenvalue weighted by molar-refractivity contribution is 0.256. The fraction of sp³-hybridized carbons (Fsp3) is 0.455. The Labute approximate surface area is 90.9 Å². The maximum absolute atomic E-state index is 8.89. The highest BCUT2D eigenvalue weighted by atomic mass is 16.5. The van der Waals surface area contributed by atoms with Gasteiger partial charge in [-0.3, -0.25) is 0 Å². The minimum Gasteiger partial charge on any atom is -0.493 e. The Morgan fingerprint density at radius 3 is 2.33 bits per heavy atom. The molecule has 0 bridgehead atoms. The zero-order valence-corrected chi connectivity index (χ0v) is 9.18. The van der Waals surface area contributed by atoms with Gasteiger partial charge in [-0.25, -0.2) is 0 Å². The minimum absolute atomic E-state index is 0.478. The maximum atomic E-state index is 8.89. The van der Waals surface area contributed by atoms with Gasteiger partial charge in [-0.05, 0) is 23.5 Å². The van der Waals surface area contributed by atoms with Crippen molar-refractivity contribution in [3.8, 4) is 5.75 Å². The van der Waals surface area contributed by atoms with Crippen LogP contribution >= 0.6 is 0 Å². The second kappa shape index (κ2) is 5.78. The molecule has 1 atom stereocenters. The standard InChI is InChI=1S/C11H17BO3/c1-3-9(2)8-15-11-6-4-10(5-7-11)12(13)14/h4-7,9,13-14H,3,8H2,1-2H3. The Morgan fingerprint density at radius 1 is 1.27 bits per heavy atom. The molecule has 0 saturated heterocycles. The van der Waals surface area contributed by atoms with E-state index in [-0.39, 0.29) is 0 Å². The molecule has 0 saturated carbocycles. The summed E-state index contributed by atoms with van der Waals surface area (Å²) >= 11 is 0. The van der Waals surface area contributed by atoms with Gasteiger partial charge in [-0.15, -0.1) is 0 Å². The van der Waals surface area contributed by atoms with Crippen molar-refractivity contribution in [3.63, 3.8) is 0 Å². The van der Waals surface area contributed by atoms with Crippen LogP contribution in [0.5, 0.6) is 5.75 Å². The summed E-state index contributed by atoms with van der Waals surface area (Å²) < 4.78 is 5.53. The first-order valence-electron chi connectivity index (χ1n) is 5.22. The van der Waals surface area contributed by atoms with Gasteiger partial charge in [0.2, 0.25) is 0 Å². The zero-order chi connectivity index (χ0) is 11.3. The summed E-state index contributed by atoms with van der Waals surface area (Å²) in [5.74, 6) is 1.30. The van der Waals surface area contributed by atoms with Gasteiger partial charge in [-0.2, -0.15) is 0 Å². The van der Waals surface area contributed by atoms with Gasteiger partial charge >= 0.3 is 7.12 Å². The highest BCUT2D eigenvalue weighted by molar-refractivity contribution is 6.58. The Hall–Kier alpha value is -0.995. The molecule has 0 radical (unpaired) electrons. The molecule has 0 aliphatic heterocycles. The molecule has 4 heteroatoms. The van der Waals surface area contributed by atoms with Crippen molar-refractivity contribution in [2.45, 2.75) is 20.3 Å². The van der Waals surface area contributed by atoms with E-state index in [1.807, 2.05) is 0 Å². The van der Waals surface area contributed by atoms with Crippen molar-refractivity contribution in [1.29, 1.82) is 0 Å². The maximum Gasteiger partial charge on any atom is 0.488 e. The summed E-state index contributed by atoms with van der Waals surface area (Å²) in [5.41, 5.74) is 0.478. The molecular weight excluding hydrogens is 191 g/mol. The van der Waals surface area contributed by atoms with E-state index < -0.39 is 7.12 Å². The quantitative estimate of drug-likeness (QED) is 0.703. The number of benzene rings is 1. The van der Waals surface area contributed by atoms with E-state index in [1.165, 1.54) is 0 Å². The zero-order valence-electron chi connectivity index (χ0n) is 9.18. The SMILES string of the molecule is CCC(C)COc1ccc(B(O)O)cc1. The smallest absolute Gasteiger partial charge is 0.488 e. The first-order valence-corrected chi connectivity index (χ1v) is 5.22. The summed E-state index contributed by atoms with van der Waals surface area (Å²) in [7, 11) is -1.41. The monoisotopic (exact) mass is 208 g/mol. The molecule has 1 aromatic carbocycles. The van der Waals surface area contributed by atoms with E-state index in [0.29, 0.717) is 18.0 Å². The van der Waals surface area contributed by atoms with Crippen LogP contribution in [-0.4, -0.2) is 23.8 Å². The fourth-order valence-electron chi connectivity index (χ4n) is 1.09. The van der Waals surface area contributed by atoms with Crippen molar-refractivity contribution < 1.29 is 14.8 Å². The van der Waals surface area contributed by atoms with Gasteiger partial charge < -0.3 is 14.8 Å². The van der Waals surface area contributed by atoms with Crippen LogP contribution in [0.2, 0.25) is 0 Å². The van der Waals surface area contributed by atoms with Crippen LogP contribution in [0.4, 0.5) is 0 Å². The van der Waals surface area contributed by atoms with Gasteiger partial charge in [0.25, 0.3) is 0 Å². The second-order valence-electron chi connectivity index (χ2n) is 3.77. The first kappa shape index (κ1) is 12.1. The van der Waals surface area contributed by atoms with Gasteiger partial charge in [-0.1, -0.05) is 32.4 Å². The van der Waals surface area contributed by atoms with E-state index >= 15 is 0 Å². The van der Waals surface area contributed by atoms with E-state index in [2.05, 4.69) is 13.8 Å². The van der Waals surface area contributed by atoms with Gasteiger partial charge in [0, 0.05) is 0 Å². The third kappa shape index (κ3) is 3.94. The Kier molecular flexibility index (Phi) is 4.65.